The largest absolute Gasteiger partial charge is 0.507 e. The molecule has 6 heteroatoms. The average molecular weight is 238 g/mol. The molecule has 0 bridgehead atoms. The maximum Gasteiger partial charge on any atom is 0.378 e. The van der Waals surface area contributed by atoms with Crippen LogP contribution in [0.5, 0.6) is 0 Å². The van der Waals surface area contributed by atoms with Crippen LogP contribution < -0.4 is 0 Å². The van der Waals surface area contributed by atoms with Gasteiger partial charge in [-0.1, -0.05) is 0 Å². The Morgan fingerprint density at radius 1 is 1.59 bits per heavy atom. The van der Waals surface area contributed by atoms with Crippen molar-refractivity contribution in [1.82, 2.24) is 9.78 Å². The van der Waals surface area contributed by atoms with Gasteiger partial charge in [0.25, 0.3) is 5.78 Å². The minimum absolute atomic E-state index is 0.294. The SMILES string of the molecule is CCn1cc(C(O)=CC(=O)C(=O)OC)c(C)n1. The first-order valence-corrected chi connectivity index (χ1v) is 5.07. The Morgan fingerprint density at radius 2 is 2.24 bits per heavy atom. The summed E-state index contributed by atoms with van der Waals surface area (Å²) >= 11 is 0. The predicted octanol–water partition coefficient (Wildman–Crippen LogP) is 0.852. The van der Waals surface area contributed by atoms with Crippen molar-refractivity contribution in [2.75, 3.05) is 7.11 Å². The maximum absolute atomic E-state index is 11.2. The fourth-order valence-corrected chi connectivity index (χ4v) is 1.29. The first kappa shape index (κ1) is 13.0. The lowest BCUT2D eigenvalue weighted by atomic mass is 10.2. The van der Waals surface area contributed by atoms with E-state index in [1.165, 1.54) is 0 Å². The van der Waals surface area contributed by atoms with E-state index in [1.807, 2.05) is 6.92 Å². The zero-order valence-corrected chi connectivity index (χ0v) is 9.93. The highest BCUT2D eigenvalue weighted by Gasteiger charge is 2.15. The molecule has 0 saturated heterocycles. The van der Waals surface area contributed by atoms with Crippen molar-refractivity contribution in [3.63, 3.8) is 0 Å². The van der Waals surface area contributed by atoms with E-state index in [2.05, 4.69) is 9.84 Å². The van der Waals surface area contributed by atoms with Gasteiger partial charge in [0.15, 0.2) is 0 Å². The number of methoxy groups -OCH3 is 1. The van der Waals surface area contributed by atoms with Gasteiger partial charge in [0.05, 0.1) is 18.4 Å². The molecule has 0 spiro atoms. The number of hydrogen-bond donors (Lipinski definition) is 1. The van der Waals surface area contributed by atoms with Gasteiger partial charge in [-0.3, -0.25) is 9.48 Å². The normalized spacial score (nSPS) is 11.4. The van der Waals surface area contributed by atoms with E-state index < -0.39 is 11.8 Å². The van der Waals surface area contributed by atoms with Crippen LogP contribution in [-0.4, -0.2) is 33.7 Å². The van der Waals surface area contributed by atoms with Crippen molar-refractivity contribution in [1.29, 1.82) is 0 Å². The van der Waals surface area contributed by atoms with Crippen molar-refractivity contribution in [3.05, 3.63) is 23.5 Å². The molecule has 6 nitrogen and oxygen atoms in total. The second-order valence-corrected chi connectivity index (χ2v) is 3.37. The number of carbonyl (C=O) groups excluding carboxylic acids is 2. The van der Waals surface area contributed by atoms with Gasteiger partial charge < -0.3 is 9.84 Å². The molecule has 0 aliphatic carbocycles. The highest BCUT2D eigenvalue weighted by Crippen LogP contribution is 2.15. The molecule has 17 heavy (non-hydrogen) atoms. The van der Waals surface area contributed by atoms with Gasteiger partial charge in [0.2, 0.25) is 0 Å². The lowest BCUT2D eigenvalue weighted by Crippen LogP contribution is -2.13. The number of aryl methyl sites for hydroxylation is 2. The Balaban J connectivity index is 2.99. The molecule has 0 unspecified atom stereocenters. The van der Waals surface area contributed by atoms with Crippen molar-refractivity contribution in [3.8, 4) is 0 Å². The van der Waals surface area contributed by atoms with Crippen LogP contribution in [0.25, 0.3) is 5.76 Å². The predicted molar refractivity (Wildman–Crippen MR) is 60.3 cm³/mol. The number of hydrogen-bond acceptors (Lipinski definition) is 5. The zero-order valence-electron chi connectivity index (χ0n) is 9.93. The third kappa shape index (κ3) is 2.93. The molecule has 0 radical (unpaired) electrons. The number of aliphatic hydroxyl groups excluding tert-OH is 1. The lowest BCUT2D eigenvalue weighted by Gasteiger charge is -1.97. The fraction of sp³-hybridized carbons (Fsp3) is 0.364. The number of aromatic nitrogens is 2. The number of esters is 1. The van der Waals surface area contributed by atoms with Crippen LogP contribution >= 0.6 is 0 Å². The highest BCUT2D eigenvalue weighted by atomic mass is 16.5. The van der Waals surface area contributed by atoms with Gasteiger partial charge in [-0.25, -0.2) is 4.79 Å². The second kappa shape index (κ2) is 5.29. The van der Waals surface area contributed by atoms with Crippen molar-refractivity contribution < 1.29 is 19.4 Å². The Hall–Kier alpha value is -2.11. The Kier molecular flexibility index (Phi) is 4.03. The number of rotatable bonds is 4. The van der Waals surface area contributed by atoms with Crippen molar-refractivity contribution in [2.45, 2.75) is 20.4 Å². The van der Waals surface area contributed by atoms with Gasteiger partial charge in [-0.15, -0.1) is 0 Å². The van der Waals surface area contributed by atoms with Gasteiger partial charge in [-0.2, -0.15) is 5.10 Å². The first-order valence-electron chi connectivity index (χ1n) is 5.07. The zero-order chi connectivity index (χ0) is 13.0. The molecule has 0 aliphatic heterocycles. The van der Waals surface area contributed by atoms with E-state index in [0.717, 1.165) is 13.2 Å². The minimum Gasteiger partial charge on any atom is -0.507 e. The number of nitrogens with zero attached hydrogens (tertiary/aromatic N) is 2. The molecule has 92 valence electrons. The van der Waals surface area contributed by atoms with E-state index >= 15 is 0 Å². The monoisotopic (exact) mass is 238 g/mol. The number of ketones is 1. The summed E-state index contributed by atoms with van der Waals surface area (Å²) in [5, 5.41) is 13.8. The topological polar surface area (TPSA) is 81.4 Å². The summed E-state index contributed by atoms with van der Waals surface area (Å²) in [5.41, 5.74) is 1.00. The Labute approximate surface area is 98.5 Å². The number of ether oxygens (including phenoxy) is 1. The van der Waals surface area contributed by atoms with E-state index in [1.54, 1.807) is 17.8 Å². The molecule has 0 atom stereocenters. The van der Waals surface area contributed by atoms with Crippen LogP contribution in [0.15, 0.2) is 12.3 Å². The first-order chi connectivity index (χ1) is 7.99. The molecule has 0 aromatic carbocycles. The maximum atomic E-state index is 11.2. The van der Waals surface area contributed by atoms with Crippen LogP contribution in [0.2, 0.25) is 0 Å². The van der Waals surface area contributed by atoms with E-state index in [4.69, 9.17) is 0 Å². The standard InChI is InChI=1S/C11H14N2O4/c1-4-13-6-8(7(2)12-13)9(14)5-10(15)11(16)17-3/h5-6,14H,4H2,1-3H3. The molecular weight excluding hydrogens is 224 g/mol. The van der Waals surface area contributed by atoms with Gasteiger partial charge in [0, 0.05) is 18.8 Å². The number of carbonyl (C=O) groups is 2. The summed E-state index contributed by atoms with van der Waals surface area (Å²) in [7, 11) is 1.10. The van der Waals surface area contributed by atoms with Crippen LogP contribution in [-0.2, 0) is 20.9 Å². The smallest absolute Gasteiger partial charge is 0.378 e. The summed E-state index contributed by atoms with van der Waals surface area (Å²) in [5.74, 6) is -2.22. The summed E-state index contributed by atoms with van der Waals surface area (Å²) in [6, 6.07) is 0. The van der Waals surface area contributed by atoms with Crippen LogP contribution in [0.1, 0.15) is 18.2 Å². The molecule has 1 aromatic rings. The van der Waals surface area contributed by atoms with E-state index in [-0.39, 0.29) is 5.76 Å². The van der Waals surface area contributed by atoms with Crippen LogP contribution in [0, 0.1) is 6.92 Å². The summed E-state index contributed by atoms with van der Waals surface area (Å²) in [4.78, 5) is 22.1. The lowest BCUT2D eigenvalue weighted by molar-refractivity contribution is -0.149. The number of aliphatic hydroxyl groups is 1. The molecular formula is C11H14N2O4. The summed E-state index contributed by atoms with van der Waals surface area (Å²) in [6.45, 7) is 4.25. The van der Waals surface area contributed by atoms with E-state index in [9.17, 15) is 14.7 Å². The molecule has 0 aliphatic rings. The van der Waals surface area contributed by atoms with Crippen LogP contribution in [0.3, 0.4) is 0 Å². The molecule has 0 fully saturated rings. The quantitative estimate of drug-likeness (QED) is 0.364. The van der Waals surface area contributed by atoms with Gasteiger partial charge >= 0.3 is 5.97 Å². The molecule has 1 heterocycles. The summed E-state index contributed by atoms with van der Waals surface area (Å²) in [6.07, 6.45) is 2.43. The third-order valence-corrected chi connectivity index (χ3v) is 2.20. The van der Waals surface area contributed by atoms with Crippen molar-refractivity contribution in [2.24, 2.45) is 0 Å². The minimum atomic E-state index is -1.02. The fourth-order valence-electron chi connectivity index (χ4n) is 1.29. The van der Waals surface area contributed by atoms with E-state index in [0.29, 0.717) is 17.8 Å². The molecule has 1 aromatic heterocycles. The molecule has 1 N–H and O–H groups in total. The molecule has 1 rings (SSSR count). The van der Waals surface area contributed by atoms with Gasteiger partial charge in [-0.05, 0) is 13.8 Å². The van der Waals surface area contributed by atoms with Gasteiger partial charge in [0.1, 0.15) is 5.76 Å². The Bertz CT molecular complexity index is 474. The van der Waals surface area contributed by atoms with Crippen molar-refractivity contribution >= 4 is 17.5 Å². The summed E-state index contributed by atoms with van der Waals surface area (Å²) < 4.78 is 5.86. The van der Waals surface area contributed by atoms with Crippen LogP contribution in [0.4, 0.5) is 0 Å². The Morgan fingerprint density at radius 3 is 2.71 bits per heavy atom. The second-order valence-electron chi connectivity index (χ2n) is 3.37. The highest BCUT2D eigenvalue weighted by molar-refractivity contribution is 6.39. The third-order valence-electron chi connectivity index (χ3n) is 2.20. The molecule has 0 amide bonds. The average Bonchev–Trinajstić information content (AvgIpc) is 2.69. The molecule has 0 saturated carbocycles.